The number of nitrogens with one attached hydrogen (secondary N) is 1. The van der Waals surface area contributed by atoms with Crippen molar-refractivity contribution in [1.29, 1.82) is 0 Å². The second kappa shape index (κ2) is 5.98. The molecule has 1 fully saturated rings. The molecule has 0 radical (unpaired) electrons. The van der Waals surface area contributed by atoms with Crippen molar-refractivity contribution in [1.82, 2.24) is 5.43 Å². The summed E-state index contributed by atoms with van der Waals surface area (Å²) >= 11 is 0. The van der Waals surface area contributed by atoms with Gasteiger partial charge in [0.05, 0.1) is 11.6 Å². The molecule has 2 aliphatic carbocycles. The molecule has 0 aromatic rings. The van der Waals surface area contributed by atoms with Crippen molar-refractivity contribution in [2.75, 3.05) is 7.11 Å². The van der Waals surface area contributed by atoms with Crippen LogP contribution in [0.25, 0.3) is 0 Å². The smallest absolute Gasteiger partial charge is 0.0882 e. The van der Waals surface area contributed by atoms with Gasteiger partial charge in [0.2, 0.25) is 0 Å². The Morgan fingerprint density at radius 3 is 2.65 bits per heavy atom. The molecule has 1 saturated carbocycles. The maximum atomic E-state index is 5.86. The Balaban J connectivity index is 2.15. The van der Waals surface area contributed by atoms with Crippen LogP contribution in [0.3, 0.4) is 0 Å². The molecule has 0 saturated heterocycles. The van der Waals surface area contributed by atoms with Crippen molar-refractivity contribution in [3.8, 4) is 0 Å². The summed E-state index contributed by atoms with van der Waals surface area (Å²) in [6.45, 7) is 0. The van der Waals surface area contributed by atoms with Gasteiger partial charge in [-0.15, -0.1) is 0 Å². The van der Waals surface area contributed by atoms with Gasteiger partial charge in [0.25, 0.3) is 0 Å². The van der Waals surface area contributed by atoms with Crippen LogP contribution in [0.5, 0.6) is 0 Å². The van der Waals surface area contributed by atoms with E-state index >= 15 is 0 Å². The quantitative estimate of drug-likeness (QED) is 0.450. The Kier molecular flexibility index (Phi) is 4.60. The molecule has 3 heteroatoms. The van der Waals surface area contributed by atoms with Gasteiger partial charge < -0.3 is 4.74 Å². The van der Waals surface area contributed by atoms with Gasteiger partial charge in [-0.05, 0) is 38.5 Å². The molecule has 0 bridgehead atoms. The fraction of sp³-hybridized carbons (Fsp3) is 0.857. The fourth-order valence-corrected chi connectivity index (χ4v) is 3.48. The molecule has 0 spiro atoms. The maximum Gasteiger partial charge on any atom is 0.0882 e. The van der Waals surface area contributed by atoms with Crippen molar-refractivity contribution >= 4 is 0 Å². The first-order chi connectivity index (χ1) is 8.32. The molecule has 0 aromatic carbocycles. The van der Waals surface area contributed by atoms with Gasteiger partial charge in [0.1, 0.15) is 0 Å². The lowest BCUT2D eigenvalue weighted by molar-refractivity contribution is -0.0267. The second-order valence-electron chi connectivity index (χ2n) is 5.45. The summed E-state index contributed by atoms with van der Waals surface area (Å²) in [5.41, 5.74) is 4.47. The van der Waals surface area contributed by atoms with Gasteiger partial charge in [0.15, 0.2) is 0 Å². The first-order valence-electron chi connectivity index (χ1n) is 7.02. The summed E-state index contributed by atoms with van der Waals surface area (Å²) in [7, 11) is 1.84. The zero-order chi connectivity index (χ0) is 12.1. The molecule has 2 aliphatic rings. The summed E-state index contributed by atoms with van der Waals surface area (Å²) in [4.78, 5) is 0. The Hall–Kier alpha value is -0.380. The molecule has 98 valence electrons. The summed E-state index contributed by atoms with van der Waals surface area (Å²) in [6.07, 6.45) is 13.5. The van der Waals surface area contributed by atoms with Crippen molar-refractivity contribution in [2.45, 2.75) is 69.4 Å². The Morgan fingerprint density at radius 2 is 2.00 bits per heavy atom. The lowest BCUT2D eigenvalue weighted by atomic mass is 9.85. The van der Waals surface area contributed by atoms with Gasteiger partial charge >= 0.3 is 0 Å². The van der Waals surface area contributed by atoms with Gasteiger partial charge in [0, 0.05) is 7.11 Å². The Bertz CT molecular complexity index is 269. The molecule has 1 unspecified atom stereocenters. The number of hydrazine groups is 1. The van der Waals surface area contributed by atoms with Crippen LogP contribution in [-0.4, -0.2) is 18.8 Å². The summed E-state index contributed by atoms with van der Waals surface area (Å²) < 4.78 is 5.86. The average Bonchev–Trinajstić information content (AvgIpc) is 2.68. The van der Waals surface area contributed by atoms with E-state index < -0.39 is 0 Å². The van der Waals surface area contributed by atoms with Crippen LogP contribution in [0.15, 0.2) is 11.6 Å². The summed E-state index contributed by atoms with van der Waals surface area (Å²) in [5.74, 6) is 5.82. The van der Waals surface area contributed by atoms with Crippen LogP contribution in [-0.2, 0) is 4.74 Å². The predicted molar refractivity (Wildman–Crippen MR) is 70.5 cm³/mol. The minimum atomic E-state index is -0.0507. The maximum absolute atomic E-state index is 5.86. The van der Waals surface area contributed by atoms with Crippen LogP contribution in [0.1, 0.15) is 57.8 Å². The number of methoxy groups -OCH3 is 1. The molecular formula is C14H26N2O. The third kappa shape index (κ3) is 2.72. The highest BCUT2D eigenvalue weighted by molar-refractivity contribution is 5.19. The SMILES string of the molecule is COC1(C(NN)C2=CCCCCC2)CCCC1. The fourth-order valence-electron chi connectivity index (χ4n) is 3.48. The number of rotatable bonds is 4. The van der Waals surface area contributed by atoms with Gasteiger partial charge in [-0.3, -0.25) is 11.3 Å². The molecule has 0 amide bonds. The van der Waals surface area contributed by atoms with E-state index in [0.29, 0.717) is 0 Å². The molecule has 0 heterocycles. The third-order valence-corrected chi connectivity index (χ3v) is 4.50. The van der Waals surface area contributed by atoms with Gasteiger partial charge in [-0.2, -0.15) is 0 Å². The van der Waals surface area contributed by atoms with Gasteiger partial charge in [-0.1, -0.05) is 30.9 Å². The number of nitrogens with two attached hydrogens (primary N) is 1. The van der Waals surface area contributed by atoms with E-state index in [2.05, 4.69) is 11.5 Å². The van der Waals surface area contributed by atoms with Crippen LogP contribution in [0.2, 0.25) is 0 Å². The molecule has 2 rings (SSSR count). The van der Waals surface area contributed by atoms with Gasteiger partial charge in [-0.25, -0.2) is 0 Å². The van der Waals surface area contributed by atoms with Crippen molar-refractivity contribution < 1.29 is 4.74 Å². The van der Waals surface area contributed by atoms with E-state index in [9.17, 15) is 0 Å². The van der Waals surface area contributed by atoms with Crippen LogP contribution in [0.4, 0.5) is 0 Å². The Morgan fingerprint density at radius 1 is 1.24 bits per heavy atom. The number of ether oxygens (including phenoxy) is 1. The monoisotopic (exact) mass is 238 g/mol. The average molecular weight is 238 g/mol. The second-order valence-corrected chi connectivity index (χ2v) is 5.45. The molecule has 0 aliphatic heterocycles. The van der Waals surface area contributed by atoms with Crippen molar-refractivity contribution in [3.05, 3.63) is 11.6 Å². The summed E-state index contributed by atoms with van der Waals surface area (Å²) in [6, 6.07) is 0.216. The predicted octanol–water partition coefficient (Wildman–Crippen LogP) is 2.67. The van der Waals surface area contributed by atoms with Crippen LogP contribution >= 0.6 is 0 Å². The molecule has 3 N–H and O–H groups in total. The molecule has 1 atom stereocenters. The molecule has 3 nitrogen and oxygen atoms in total. The van der Waals surface area contributed by atoms with E-state index in [-0.39, 0.29) is 11.6 Å². The lowest BCUT2D eigenvalue weighted by Gasteiger charge is -2.37. The number of hydrogen-bond acceptors (Lipinski definition) is 3. The Labute approximate surface area is 105 Å². The largest absolute Gasteiger partial charge is 0.376 e. The molecular weight excluding hydrogens is 212 g/mol. The first kappa shape index (κ1) is 13.1. The highest BCUT2D eigenvalue weighted by Crippen LogP contribution is 2.39. The zero-order valence-corrected chi connectivity index (χ0v) is 11.0. The summed E-state index contributed by atoms with van der Waals surface area (Å²) in [5, 5.41) is 0. The molecule has 0 aromatic heterocycles. The molecule has 17 heavy (non-hydrogen) atoms. The zero-order valence-electron chi connectivity index (χ0n) is 11.0. The van der Waals surface area contributed by atoms with E-state index in [1.807, 2.05) is 7.11 Å². The number of allylic oxidation sites excluding steroid dienone is 1. The third-order valence-electron chi connectivity index (χ3n) is 4.50. The lowest BCUT2D eigenvalue weighted by Crippen LogP contribution is -2.54. The van der Waals surface area contributed by atoms with E-state index in [1.165, 1.54) is 50.5 Å². The van der Waals surface area contributed by atoms with Crippen molar-refractivity contribution in [3.63, 3.8) is 0 Å². The highest BCUT2D eigenvalue weighted by Gasteiger charge is 2.42. The normalized spacial score (nSPS) is 26.4. The highest BCUT2D eigenvalue weighted by atomic mass is 16.5. The van der Waals surface area contributed by atoms with Crippen molar-refractivity contribution in [2.24, 2.45) is 5.84 Å². The van der Waals surface area contributed by atoms with E-state index in [0.717, 1.165) is 12.8 Å². The minimum absolute atomic E-state index is 0.0507. The van der Waals surface area contributed by atoms with E-state index in [4.69, 9.17) is 10.6 Å². The topological polar surface area (TPSA) is 47.3 Å². The van der Waals surface area contributed by atoms with Crippen LogP contribution in [0, 0.1) is 0 Å². The number of hydrogen-bond donors (Lipinski definition) is 2. The van der Waals surface area contributed by atoms with Crippen LogP contribution < -0.4 is 11.3 Å². The van der Waals surface area contributed by atoms with E-state index in [1.54, 1.807) is 0 Å². The first-order valence-corrected chi connectivity index (χ1v) is 7.02. The minimum Gasteiger partial charge on any atom is -0.376 e. The standard InChI is InChI=1S/C14H26N2O/c1-17-14(10-6-7-11-14)13(16-15)12-8-4-2-3-5-9-12/h8,13,16H,2-7,9-11,15H2,1H3.